The summed E-state index contributed by atoms with van der Waals surface area (Å²) in [6.07, 6.45) is 0.0233. The predicted octanol–water partition coefficient (Wildman–Crippen LogP) is 1.34. The molecule has 1 aliphatic rings. The summed E-state index contributed by atoms with van der Waals surface area (Å²) < 4.78 is 26.4. The van der Waals surface area contributed by atoms with Gasteiger partial charge in [-0.1, -0.05) is 12.1 Å². The molecule has 3 amide bonds. The van der Waals surface area contributed by atoms with Gasteiger partial charge in [0, 0.05) is 44.4 Å². The maximum Gasteiger partial charge on any atom is 0.254 e. The smallest absolute Gasteiger partial charge is 0.254 e. The third kappa shape index (κ3) is 5.76. The molecular weight excluding hydrogens is 394 g/mol. The number of nitrogens with one attached hydrogen (secondary N) is 3. The topological polar surface area (TPSA) is 90.5 Å². The van der Waals surface area contributed by atoms with Crippen molar-refractivity contribution in [3.8, 4) is 0 Å². The summed E-state index contributed by atoms with van der Waals surface area (Å²) in [6.45, 7) is 2.03. The summed E-state index contributed by atoms with van der Waals surface area (Å²) in [4.78, 5) is 37.3. The lowest BCUT2D eigenvalue weighted by Gasteiger charge is -2.28. The second-order valence-corrected chi connectivity index (χ2v) is 6.84. The molecule has 0 radical (unpaired) electrons. The average molecular weight is 416 g/mol. The summed E-state index contributed by atoms with van der Waals surface area (Å²) in [5.74, 6) is -2.70. The van der Waals surface area contributed by atoms with E-state index in [4.69, 9.17) is 0 Å². The first kappa shape index (κ1) is 21.2. The maximum atomic E-state index is 13.6. The van der Waals surface area contributed by atoms with Gasteiger partial charge in [0.05, 0.1) is 12.1 Å². The molecule has 0 atom stereocenters. The fourth-order valence-corrected chi connectivity index (χ4v) is 3.03. The number of halogens is 2. The third-order valence-corrected chi connectivity index (χ3v) is 4.64. The molecule has 9 heteroatoms. The van der Waals surface area contributed by atoms with E-state index in [0.29, 0.717) is 25.7 Å². The van der Waals surface area contributed by atoms with E-state index < -0.39 is 17.5 Å². The number of amides is 3. The zero-order valence-electron chi connectivity index (χ0n) is 16.2. The quantitative estimate of drug-likeness (QED) is 0.635. The molecule has 3 rings (SSSR count). The SMILES string of the molecule is O=C(CCNC(=O)c1ccc(F)cc1F)NCc1ccc(N2CCNC(=O)C2)cc1. The maximum absolute atomic E-state index is 13.6. The molecule has 0 saturated carbocycles. The van der Waals surface area contributed by atoms with E-state index in [1.54, 1.807) is 0 Å². The molecule has 3 N–H and O–H groups in total. The highest BCUT2D eigenvalue weighted by Crippen LogP contribution is 2.16. The van der Waals surface area contributed by atoms with E-state index in [2.05, 4.69) is 16.0 Å². The average Bonchev–Trinajstić information content (AvgIpc) is 2.72. The van der Waals surface area contributed by atoms with Crippen molar-refractivity contribution in [3.63, 3.8) is 0 Å². The molecule has 1 aliphatic heterocycles. The minimum absolute atomic E-state index is 0.00755. The number of carbonyl (C=O) groups excluding carboxylic acids is 3. The minimum Gasteiger partial charge on any atom is -0.360 e. The van der Waals surface area contributed by atoms with Crippen LogP contribution in [0.4, 0.5) is 14.5 Å². The van der Waals surface area contributed by atoms with Gasteiger partial charge in [-0.2, -0.15) is 0 Å². The Balaban J connectivity index is 1.40. The first-order chi connectivity index (χ1) is 14.4. The molecule has 1 heterocycles. The van der Waals surface area contributed by atoms with Crippen molar-refractivity contribution in [1.82, 2.24) is 16.0 Å². The van der Waals surface area contributed by atoms with E-state index in [1.807, 2.05) is 29.2 Å². The van der Waals surface area contributed by atoms with E-state index in [9.17, 15) is 23.2 Å². The number of carbonyl (C=O) groups is 3. The van der Waals surface area contributed by atoms with Gasteiger partial charge in [-0.05, 0) is 29.8 Å². The highest BCUT2D eigenvalue weighted by Gasteiger charge is 2.16. The number of nitrogens with zero attached hydrogens (tertiary/aromatic N) is 1. The van der Waals surface area contributed by atoms with Crippen LogP contribution in [0.2, 0.25) is 0 Å². The number of benzene rings is 2. The van der Waals surface area contributed by atoms with Crippen LogP contribution in [0.1, 0.15) is 22.3 Å². The Morgan fingerprint density at radius 1 is 1.07 bits per heavy atom. The van der Waals surface area contributed by atoms with Crippen molar-refractivity contribution < 1.29 is 23.2 Å². The first-order valence-corrected chi connectivity index (χ1v) is 9.53. The Bertz CT molecular complexity index is 934. The van der Waals surface area contributed by atoms with Crippen molar-refractivity contribution in [2.45, 2.75) is 13.0 Å². The van der Waals surface area contributed by atoms with Crippen LogP contribution in [0.5, 0.6) is 0 Å². The molecule has 7 nitrogen and oxygen atoms in total. The van der Waals surface area contributed by atoms with Crippen molar-refractivity contribution >= 4 is 23.4 Å². The van der Waals surface area contributed by atoms with Gasteiger partial charge in [0.25, 0.3) is 5.91 Å². The predicted molar refractivity (Wildman–Crippen MR) is 107 cm³/mol. The number of hydrogen-bond donors (Lipinski definition) is 3. The van der Waals surface area contributed by atoms with Crippen LogP contribution in [-0.4, -0.2) is 43.9 Å². The number of anilines is 1. The first-order valence-electron chi connectivity index (χ1n) is 9.53. The van der Waals surface area contributed by atoms with Crippen LogP contribution in [0.15, 0.2) is 42.5 Å². The number of rotatable bonds is 7. The molecular formula is C21H22F2N4O3. The summed E-state index contributed by atoms with van der Waals surface area (Å²) in [6, 6.07) is 10.2. The van der Waals surface area contributed by atoms with Gasteiger partial charge in [-0.25, -0.2) is 8.78 Å². The summed E-state index contributed by atoms with van der Waals surface area (Å²) in [7, 11) is 0. The van der Waals surface area contributed by atoms with E-state index in [-0.39, 0.29) is 30.3 Å². The highest BCUT2D eigenvalue weighted by atomic mass is 19.1. The fraction of sp³-hybridized carbons (Fsp3) is 0.286. The minimum atomic E-state index is -0.953. The summed E-state index contributed by atoms with van der Waals surface area (Å²) in [5, 5.41) is 7.96. The number of hydrogen-bond acceptors (Lipinski definition) is 4. The second kappa shape index (κ2) is 9.82. The molecule has 2 aromatic carbocycles. The molecule has 0 spiro atoms. The van der Waals surface area contributed by atoms with Crippen molar-refractivity contribution in [1.29, 1.82) is 0 Å². The summed E-state index contributed by atoms with van der Waals surface area (Å²) >= 11 is 0. The van der Waals surface area contributed by atoms with Crippen molar-refractivity contribution in [2.75, 3.05) is 31.1 Å². The fourth-order valence-electron chi connectivity index (χ4n) is 3.03. The molecule has 2 aromatic rings. The van der Waals surface area contributed by atoms with Crippen LogP contribution in [0, 0.1) is 11.6 Å². The Kier molecular flexibility index (Phi) is 6.95. The lowest BCUT2D eigenvalue weighted by molar-refractivity contribution is -0.121. The van der Waals surface area contributed by atoms with Crippen LogP contribution < -0.4 is 20.9 Å². The van der Waals surface area contributed by atoms with Gasteiger partial charge in [0.15, 0.2) is 0 Å². The molecule has 1 fully saturated rings. The largest absolute Gasteiger partial charge is 0.360 e. The van der Waals surface area contributed by atoms with Gasteiger partial charge in [0.1, 0.15) is 11.6 Å². The Morgan fingerprint density at radius 2 is 1.83 bits per heavy atom. The van der Waals surface area contributed by atoms with Crippen LogP contribution in [0.25, 0.3) is 0 Å². The Labute approximate surface area is 172 Å². The molecule has 30 heavy (non-hydrogen) atoms. The van der Waals surface area contributed by atoms with Crippen LogP contribution in [0.3, 0.4) is 0 Å². The van der Waals surface area contributed by atoms with Crippen molar-refractivity contribution in [2.24, 2.45) is 0 Å². The molecule has 1 saturated heterocycles. The third-order valence-electron chi connectivity index (χ3n) is 4.64. The summed E-state index contributed by atoms with van der Waals surface area (Å²) in [5.41, 5.74) is 1.56. The van der Waals surface area contributed by atoms with Gasteiger partial charge >= 0.3 is 0 Å². The highest BCUT2D eigenvalue weighted by molar-refractivity contribution is 5.94. The van der Waals surface area contributed by atoms with E-state index in [1.165, 1.54) is 0 Å². The molecule has 0 bridgehead atoms. The van der Waals surface area contributed by atoms with Crippen LogP contribution in [-0.2, 0) is 16.1 Å². The molecule has 0 unspecified atom stereocenters. The van der Waals surface area contributed by atoms with Gasteiger partial charge in [-0.15, -0.1) is 0 Å². The standard InChI is InChI=1S/C21H22F2N4O3/c22-15-3-6-17(18(23)11-15)21(30)25-8-7-19(28)26-12-14-1-4-16(5-2-14)27-10-9-24-20(29)13-27/h1-6,11H,7-10,12-13H2,(H,24,29)(H,25,30)(H,26,28). The van der Waals surface area contributed by atoms with Crippen molar-refractivity contribution in [3.05, 3.63) is 65.2 Å². The lowest BCUT2D eigenvalue weighted by atomic mass is 10.1. The molecule has 0 aromatic heterocycles. The monoisotopic (exact) mass is 416 g/mol. The Morgan fingerprint density at radius 3 is 2.53 bits per heavy atom. The molecule has 158 valence electrons. The number of piperazine rings is 1. The second-order valence-electron chi connectivity index (χ2n) is 6.84. The normalized spacial score (nSPS) is 13.5. The molecule has 0 aliphatic carbocycles. The van der Waals surface area contributed by atoms with Gasteiger partial charge < -0.3 is 20.9 Å². The van der Waals surface area contributed by atoms with E-state index in [0.717, 1.165) is 29.9 Å². The van der Waals surface area contributed by atoms with E-state index >= 15 is 0 Å². The lowest BCUT2D eigenvalue weighted by Crippen LogP contribution is -2.47. The van der Waals surface area contributed by atoms with Crippen LogP contribution >= 0.6 is 0 Å². The zero-order chi connectivity index (χ0) is 21.5. The zero-order valence-corrected chi connectivity index (χ0v) is 16.2. The van der Waals surface area contributed by atoms with Gasteiger partial charge in [-0.3, -0.25) is 14.4 Å². The van der Waals surface area contributed by atoms with Gasteiger partial charge in [0.2, 0.25) is 11.8 Å². The Hall–Kier alpha value is -3.49.